The Hall–Kier alpha value is -2.97. The van der Waals surface area contributed by atoms with E-state index in [0.29, 0.717) is 22.0 Å². The molecular formula is C30H30Cl2F2N4O2. The molecule has 2 aromatic carbocycles. The first kappa shape index (κ1) is 27.2. The molecule has 3 aromatic rings. The highest BCUT2D eigenvalue weighted by Gasteiger charge is 2.38. The van der Waals surface area contributed by atoms with Gasteiger partial charge in [0.25, 0.3) is 11.8 Å². The van der Waals surface area contributed by atoms with Gasteiger partial charge in [0, 0.05) is 72.2 Å². The summed E-state index contributed by atoms with van der Waals surface area (Å²) in [6.07, 6.45) is 4.97. The average Bonchev–Trinajstić information content (AvgIpc) is 3.56. The van der Waals surface area contributed by atoms with Crippen molar-refractivity contribution in [1.29, 1.82) is 0 Å². The molecule has 2 fully saturated rings. The van der Waals surface area contributed by atoms with Crippen LogP contribution < -0.4 is 0 Å². The number of amides is 2. The van der Waals surface area contributed by atoms with E-state index in [-0.39, 0.29) is 49.7 Å². The predicted molar refractivity (Wildman–Crippen MR) is 150 cm³/mol. The van der Waals surface area contributed by atoms with Crippen molar-refractivity contribution in [3.63, 3.8) is 0 Å². The number of benzene rings is 2. The third-order valence-corrected chi connectivity index (χ3v) is 9.27. The smallest absolute Gasteiger partial charge is 0.253 e. The molecule has 210 valence electrons. The van der Waals surface area contributed by atoms with Crippen molar-refractivity contribution in [1.82, 2.24) is 19.8 Å². The highest BCUT2D eigenvalue weighted by Crippen LogP contribution is 2.37. The molecular weight excluding hydrogens is 557 g/mol. The van der Waals surface area contributed by atoms with Gasteiger partial charge < -0.3 is 14.8 Å². The number of H-pyrrole nitrogens is 1. The number of nitrogens with zero attached hydrogens (tertiary/aromatic N) is 3. The Morgan fingerprint density at radius 3 is 2.42 bits per heavy atom. The lowest BCUT2D eigenvalue weighted by molar-refractivity contribution is -0.133. The fourth-order valence-corrected chi connectivity index (χ4v) is 6.84. The SMILES string of the molecule is O=C(c1ccc(-c2cc(Cl)c(CC3CCN([C@@H]4CCc5nc[nH]c5C4)C3=O)c(Cl)c2)cc1)N1CCC(F)(F)CC1. The number of alkyl halides is 2. The van der Waals surface area contributed by atoms with Crippen LogP contribution in [0, 0.1) is 5.92 Å². The summed E-state index contributed by atoms with van der Waals surface area (Å²) in [7, 11) is 0. The van der Waals surface area contributed by atoms with E-state index in [2.05, 4.69) is 9.97 Å². The summed E-state index contributed by atoms with van der Waals surface area (Å²) >= 11 is 13.4. The first-order chi connectivity index (χ1) is 19.2. The van der Waals surface area contributed by atoms with Crippen LogP contribution >= 0.6 is 23.2 Å². The van der Waals surface area contributed by atoms with Crippen molar-refractivity contribution in [2.75, 3.05) is 19.6 Å². The molecule has 0 spiro atoms. The number of fused-ring (bicyclic) bond motifs is 1. The molecule has 2 atom stereocenters. The molecule has 2 saturated heterocycles. The number of aromatic amines is 1. The Bertz CT molecular complexity index is 1410. The molecule has 3 heterocycles. The molecule has 0 saturated carbocycles. The second kappa shape index (κ2) is 10.8. The van der Waals surface area contributed by atoms with Gasteiger partial charge in [0.05, 0.1) is 12.0 Å². The first-order valence-corrected chi connectivity index (χ1v) is 14.5. The van der Waals surface area contributed by atoms with Crippen LogP contribution in [-0.4, -0.2) is 63.2 Å². The maximum Gasteiger partial charge on any atom is 0.253 e. The monoisotopic (exact) mass is 586 g/mol. The van der Waals surface area contributed by atoms with Crippen LogP contribution in [0.3, 0.4) is 0 Å². The maximum absolute atomic E-state index is 13.5. The minimum atomic E-state index is -2.70. The van der Waals surface area contributed by atoms with Gasteiger partial charge in [-0.1, -0.05) is 35.3 Å². The standard InChI is InChI=1S/C30H30Cl2F2N4O2/c31-24-14-21(18-1-3-19(4-2-18)28(39)37-11-8-30(33,34)9-12-37)15-25(32)23(24)13-20-7-10-38(29(20)40)22-5-6-26-27(16-22)36-17-35-26/h1-4,14-15,17,20,22H,5-13,16H2,(H,35,36)/t20?,22-/m1/s1. The Morgan fingerprint density at radius 1 is 1.02 bits per heavy atom. The van der Waals surface area contributed by atoms with E-state index in [1.54, 1.807) is 30.6 Å². The Balaban J connectivity index is 1.11. The van der Waals surface area contributed by atoms with Crippen molar-refractivity contribution < 1.29 is 18.4 Å². The summed E-state index contributed by atoms with van der Waals surface area (Å²) in [6.45, 7) is 0.830. The number of carbonyl (C=O) groups is 2. The van der Waals surface area contributed by atoms with Gasteiger partial charge in [-0.05, 0) is 66.6 Å². The molecule has 2 aliphatic heterocycles. The third-order valence-electron chi connectivity index (χ3n) is 8.59. The van der Waals surface area contributed by atoms with Crippen LogP contribution in [0.5, 0.6) is 0 Å². The topological polar surface area (TPSA) is 69.3 Å². The Labute approximate surface area is 241 Å². The third kappa shape index (κ3) is 5.36. The summed E-state index contributed by atoms with van der Waals surface area (Å²) in [5.74, 6) is -2.95. The maximum atomic E-state index is 13.5. The fourth-order valence-electron chi connectivity index (χ4n) is 6.20. The number of hydrogen-bond donors (Lipinski definition) is 1. The summed E-state index contributed by atoms with van der Waals surface area (Å²) in [4.78, 5) is 37.2. The molecule has 10 heteroatoms. The van der Waals surface area contributed by atoms with Gasteiger partial charge in [0.1, 0.15) is 0 Å². The molecule has 40 heavy (non-hydrogen) atoms. The second-order valence-corrected chi connectivity index (χ2v) is 11.9. The van der Waals surface area contributed by atoms with Gasteiger partial charge in [-0.25, -0.2) is 13.8 Å². The number of rotatable bonds is 5. The molecule has 1 N–H and O–H groups in total. The van der Waals surface area contributed by atoms with Crippen LogP contribution in [0.15, 0.2) is 42.7 Å². The molecule has 2 amide bonds. The van der Waals surface area contributed by atoms with Crippen molar-refractivity contribution >= 4 is 35.0 Å². The van der Waals surface area contributed by atoms with Crippen molar-refractivity contribution in [3.05, 3.63) is 75.3 Å². The number of aryl methyl sites for hydroxylation is 1. The van der Waals surface area contributed by atoms with Gasteiger partial charge in [-0.15, -0.1) is 0 Å². The van der Waals surface area contributed by atoms with Gasteiger partial charge in [0.2, 0.25) is 5.91 Å². The van der Waals surface area contributed by atoms with Crippen molar-refractivity contribution in [2.24, 2.45) is 5.92 Å². The lowest BCUT2D eigenvalue weighted by Crippen LogP contribution is -2.42. The van der Waals surface area contributed by atoms with Crippen LogP contribution in [0.4, 0.5) is 8.78 Å². The number of imidazole rings is 1. The van der Waals surface area contributed by atoms with Crippen molar-refractivity contribution in [2.45, 2.75) is 56.9 Å². The van der Waals surface area contributed by atoms with E-state index in [0.717, 1.165) is 60.3 Å². The molecule has 1 aromatic heterocycles. The lowest BCUT2D eigenvalue weighted by Gasteiger charge is -2.31. The molecule has 0 bridgehead atoms. The minimum Gasteiger partial charge on any atom is -0.348 e. The number of carbonyl (C=O) groups excluding carboxylic acids is 2. The van der Waals surface area contributed by atoms with Gasteiger partial charge in [0.15, 0.2) is 0 Å². The molecule has 3 aliphatic rings. The van der Waals surface area contributed by atoms with E-state index in [4.69, 9.17) is 23.2 Å². The van der Waals surface area contributed by atoms with Crippen LogP contribution in [0.1, 0.15) is 53.0 Å². The molecule has 6 rings (SSSR count). The van der Waals surface area contributed by atoms with E-state index < -0.39 is 5.92 Å². The molecule has 1 unspecified atom stereocenters. The van der Waals surface area contributed by atoms with E-state index >= 15 is 0 Å². The van der Waals surface area contributed by atoms with E-state index in [9.17, 15) is 18.4 Å². The molecule has 0 radical (unpaired) electrons. The molecule has 6 nitrogen and oxygen atoms in total. The fraction of sp³-hybridized carbons (Fsp3) is 0.433. The van der Waals surface area contributed by atoms with E-state index in [1.165, 1.54) is 4.90 Å². The number of hydrogen-bond acceptors (Lipinski definition) is 3. The number of halogens is 4. The number of nitrogens with one attached hydrogen (secondary N) is 1. The first-order valence-electron chi connectivity index (χ1n) is 13.8. The van der Waals surface area contributed by atoms with Crippen LogP contribution in [0.2, 0.25) is 10.0 Å². The zero-order valence-electron chi connectivity index (χ0n) is 21.9. The normalized spacial score (nSPS) is 22.4. The highest BCUT2D eigenvalue weighted by molar-refractivity contribution is 6.36. The van der Waals surface area contributed by atoms with Gasteiger partial charge in [-0.2, -0.15) is 0 Å². The quantitative estimate of drug-likeness (QED) is 0.387. The lowest BCUT2D eigenvalue weighted by atomic mass is 9.94. The predicted octanol–water partition coefficient (Wildman–Crippen LogP) is 6.20. The summed E-state index contributed by atoms with van der Waals surface area (Å²) < 4.78 is 26.9. The van der Waals surface area contributed by atoms with Crippen LogP contribution in [0.25, 0.3) is 11.1 Å². The van der Waals surface area contributed by atoms with Crippen molar-refractivity contribution in [3.8, 4) is 11.1 Å². The zero-order chi connectivity index (χ0) is 28.0. The number of piperidine rings is 1. The minimum absolute atomic E-state index is 0.0490. The average molecular weight is 587 g/mol. The summed E-state index contributed by atoms with van der Waals surface area (Å²) in [5.41, 5.74) is 5.08. The second-order valence-electron chi connectivity index (χ2n) is 11.1. The van der Waals surface area contributed by atoms with Gasteiger partial charge >= 0.3 is 0 Å². The Morgan fingerprint density at radius 2 is 1.73 bits per heavy atom. The van der Waals surface area contributed by atoms with E-state index in [1.807, 2.05) is 17.0 Å². The Kier molecular flexibility index (Phi) is 7.34. The largest absolute Gasteiger partial charge is 0.348 e. The highest BCUT2D eigenvalue weighted by atomic mass is 35.5. The zero-order valence-corrected chi connectivity index (χ0v) is 23.4. The summed E-state index contributed by atoms with van der Waals surface area (Å²) in [6, 6.07) is 10.9. The number of aromatic nitrogens is 2. The van der Waals surface area contributed by atoms with Crippen LogP contribution in [-0.2, 0) is 24.1 Å². The molecule has 1 aliphatic carbocycles. The number of likely N-dealkylation sites (tertiary alicyclic amines) is 2. The van der Waals surface area contributed by atoms with Gasteiger partial charge in [-0.3, -0.25) is 9.59 Å². The summed E-state index contributed by atoms with van der Waals surface area (Å²) in [5, 5.41) is 1.01.